The number of nitrogens with two attached hydrogens (primary N) is 1. The Kier molecular flexibility index (Phi) is 5.30. The first-order valence-corrected chi connectivity index (χ1v) is 7.75. The lowest BCUT2D eigenvalue weighted by Crippen LogP contribution is -2.30. The van der Waals surface area contributed by atoms with E-state index in [1.54, 1.807) is 7.11 Å². The summed E-state index contributed by atoms with van der Waals surface area (Å²) in [6.07, 6.45) is 6.52. The smallest absolute Gasteiger partial charge is 0.128 e. The van der Waals surface area contributed by atoms with Crippen LogP contribution >= 0.6 is 0 Å². The highest BCUT2D eigenvalue weighted by molar-refractivity contribution is 5.42. The molecule has 2 rings (SSSR count). The van der Waals surface area contributed by atoms with E-state index in [1.165, 1.54) is 25.7 Å². The van der Waals surface area contributed by atoms with Crippen LogP contribution in [0.15, 0.2) is 18.2 Å². The molecule has 0 saturated heterocycles. The Labute approximate surface area is 122 Å². The molecule has 112 valence electrons. The van der Waals surface area contributed by atoms with Crippen LogP contribution < -0.4 is 15.2 Å². The van der Waals surface area contributed by atoms with Gasteiger partial charge in [0.05, 0.1) is 7.11 Å². The van der Waals surface area contributed by atoms with Crippen molar-refractivity contribution in [2.45, 2.75) is 58.1 Å². The third-order valence-electron chi connectivity index (χ3n) is 4.35. The lowest BCUT2D eigenvalue weighted by Gasteiger charge is -2.32. The summed E-state index contributed by atoms with van der Waals surface area (Å²) in [6.45, 7) is 4.25. The second-order valence-electron chi connectivity index (χ2n) is 5.80. The molecule has 1 aromatic carbocycles. The zero-order valence-electron chi connectivity index (χ0n) is 12.9. The quantitative estimate of drug-likeness (QED) is 0.882. The minimum Gasteiger partial charge on any atom is -0.497 e. The Morgan fingerprint density at radius 3 is 2.70 bits per heavy atom. The highest BCUT2D eigenvalue weighted by Crippen LogP contribution is 2.34. The molecule has 0 spiro atoms. The summed E-state index contributed by atoms with van der Waals surface area (Å²) >= 11 is 0. The van der Waals surface area contributed by atoms with Crippen LogP contribution in [0.2, 0.25) is 0 Å². The van der Waals surface area contributed by atoms with Crippen molar-refractivity contribution in [2.24, 2.45) is 11.7 Å². The highest BCUT2D eigenvalue weighted by atomic mass is 16.5. The third kappa shape index (κ3) is 3.45. The molecule has 2 N–H and O–H groups in total. The van der Waals surface area contributed by atoms with Gasteiger partial charge >= 0.3 is 0 Å². The van der Waals surface area contributed by atoms with Gasteiger partial charge in [-0.3, -0.25) is 0 Å². The summed E-state index contributed by atoms with van der Waals surface area (Å²) < 4.78 is 11.6. The molecule has 0 aliphatic heterocycles. The number of hydrogen-bond donors (Lipinski definition) is 1. The van der Waals surface area contributed by atoms with Crippen LogP contribution in [-0.4, -0.2) is 13.2 Å². The van der Waals surface area contributed by atoms with Crippen molar-refractivity contribution in [3.63, 3.8) is 0 Å². The largest absolute Gasteiger partial charge is 0.497 e. The summed E-state index contributed by atoms with van der Waals surface area (Å²) in [6, 6.07) is 5.91. The molecule has 1 aromatic rings. The van der Waals surface area contributed by atoms with E-state index in [1.807, 2.05) is 25.1 Å². The van der Waals surface area contributed by atoms with Crippen molar-refractivity contribution in [2.75, 3.05) is 7.11 Å². The highest BCUT2D eigenvalue weighted by Gasteiger charge is 2.26. The average molecular weight is 277 g/mol. The van der Waals surface area contributed by atoms with Gasteiger partial charge < -0.3 is 15.2 Å². The Morgan fingerprint density at radius 1 is 1.30 bits per heavy atom. The molecule has 0 bridgehead atoms. The van der Waals surface area contributed by atoms with Crippen LogP contribution in [-0.2, 0) is 0 Å². The van der Waals surface area contributed by atoms with Gasteiger partial charge in [0.25, 0.3) is 0 Å². The number of rotatable bonds is 5. The van der Waals surface area contributed by atoms with E-state index < -0.39 is 0 Å². The Hall–Kier alpha value is -1.22. The predicted octanol–water partition coefficient (Wildman–Crippen LogP) is 4.06. The average Bonchev–Trinajstić information content (AvgIpc) is 2.47. The summed E-state index contributed by atoms with van der Waals surface area (Å²) in [5.74, 6) is 2.38. The standard InChI is InChI=1S/C17H27NO2/c1-4-13-7-5-6-8-16(13)20-17-11-14(19-3)9-10-15(17)12(2)18/h9-13,16H,4-8,18H2,1-3H3/t12-,13?,16?/m1/s1. The summed E-state index contributed by atoms with van der Waals surface area (Å²) in [4.78, 5) is 0. The van der Waals surface area contributed by atoms with Gasteiger partial charge in [0.1, 0.15) is 17.6 Å². The minimum absolute atomic E-state index is 0.0282. The molecule has 1 saturated carbocycles. The summed E-state index contributed by atoms with van der Waals surface area (Å²) in [7, 11) is 1.68. The molecule has 0 heterocycles. The Bertz CT molecular complexity index is 431. The van der Waals surface area contributed by atoms with Gasteiger partial charge in [-0.2, -0.15) is 0 Å². The van der Waals surface area contributed by atoms with Crippen LogP contribution in [0.4, 0.5) is 0 Å². The maximum atomic E-state index is 6.33. The second-order valence-corrected chi connectivity index (χ2v) is 5.80. The third-order valence-corrected chi connectivity index (χ3v) is 4.35. The molecule has 3 heteroatoms. The molecule has 2 unspecified atom stereocenters. The lowest BCUT2D eigenvalue weighted by molar-refractivity contribution is 0.0888. The molecule has 3 nitrogen and oxygen atoms in total. The number of methoxy groups -OCH3 is 1. The van der Waals surface area contributed by atoms with Crippen molar-refractivity contribution in [1.82, 2.24) is 0 Å². The van der Waals surface area contributed by atoms with E-state index in [-0.39, 0.29) is 6.04 Å². The molecule has 0 radical (unpaired) electrons. The van der Waals surface area contributed by atoms with Crippen molar-refractivity contribution < 1.29 is 9.47 Å². The van der Waals surface area contributed by atoms with Crippen LogP contribution in [0.25, 0.3) is 0 Å². The number of hydrogen-bond acceptors (Lipinski definition) is 3. The molecule has 3 atom stereocenters. The van der Waals surface area contributed by atoms with Crippen molar-refractivity contribution in [3.8, 4) is 11.5 Å². The number of ether oxygens (including phenoxy) is 2. The van der Waals surface area contributed by atoms with Crippen LogP contribution in [0.1, 0.15) is 57.6 Å². The van der Waals surface area contributed by atoms with Gasteiger partial charge in [0.2, 0.25) is 0 Å². The minimum atomic E-state index is -0.0282. The molecule has 1 aliphatic carbocycles. The maximum absolute atomic E-state index is 6.33. The maximum Gasteiger partial charge on any atom is 0.128 e. The first-order chi connectivity index (χ1) is 9.65. The molecule has 1 aliphatic rings. The van der Waals surface area contributed by atoms with E-state index in [9.17, 15) is 0 Å². The van der Waals surface area contributed by atoms with Crippen LogP contribution in [0, 0.1) is 5.92 Å². The zero-order chi connectivity index (χ0) is 14.5. The monoisotopic (exact) mass is 277 g/mol. The predicted molar refractivity (Wildman–Crippen MR) is 82.3 cm³/mol. The van der Waals surface area contributed by atoms with Gasteiger partial charge in [0.15, 0.2) is 0 Å². The first kappa shape index (κ1) is 15.2. The fourth-order valence-corrected chi connectivity index (χ4v) is 3.08. The molecule has 20 heavy (non-hydrogen) atoms. The van der Waals surface area contributed by atoms with E-state index >= 15 is 0 Å². The van der Waals surface area contributed by atoms with E-state index in [2.05, 4.69) is 6.92 Å². The van der Waals surface area contributed by atoms with Crippen molar-refractivity contribution >= 4 is 0 Å². The van der Waals surface area contributed by atoms with Gasteiger partial charge in [-0.1, -0.05) is 19.4 Å². The fraction of sp³-hybridized carbons (Fsp3) is 0.647. The van der Waals surface area contributed by atoms with Crippen molar-refractivity contribution in [3.05, 3.63) is 23.8 Å². The SMILES string of the molecule is CCC1CCCCC1Oc1cc(OC)ccc1[C@@H](C)N. The lowest BCUT2D eigenvalue weighted by atomic mass is 9.84. The van der Waals surface area contributed by atoms with Crippen molar-refractivity contribution in [1.29, 1.82) is 0 Å². The van der Waals surface area contributed by atoms with Gasteiger partial charge in [-0.05, 0) is 44.6 Å². The Morgan fingerprint density at radius 2 is 2.05 bits per heavy atom. The molecule has 0 aromatic heterocycles. The van der Waals surface area contributed by atoms with Crippen LogP contribution in [0.5, 0.6) is 11.5 Å². The molecule has 1 fully saturated rings. The van der Waals surface area contributed by atoms with E-state index in [4.69, 9.17) is 15.2 Å². The Balaban J connectivity index is 2.21. The second kappa shape index (κ2) is 6.98. The van der Waals surface area contributed by atoms with E-state index in [0.717, 1.165) is 23.5 Å². The normalized spacial score (nSPS) is 24.2. The van der Waals surface area contributed by atoms with Gasteiger partial charge in [-0.25, -0.2) is 0 Å². The molecule has 0 amide bonds. The number of benzene rings is 1. The summed E-state index contributed by atoms with van der Waals surface area (Å²) in [5, 5.41) is 0. The first-order valence-electron chi connectivity index (χ1n) is 7.75. The van der Waals surface area contributed by atoms with Crippen LogP contribution in [0.3, 0.4) is 0 Å². The van der Waals surface area contributed by atoms with Gasteiger partial charge in [-0.15, -0.1) is 0 Å². The van der Waals surface area contributed by atoms with E-state index in [0.29, 0.717) is 12.0 Å². The topological polar surface area (TPSA) is 44.5 Å². The summed E-state index contributed by atoms with van der Waals surface area (Å²) in [5.41, 5.74) is 7.12. The molecular formula is C17H27NO2. The fourth-order valence-electron chi connectivity index (χ4n) is 3.08. The zero-order valence-corrected chi connectivity index (χ0v) is 12.9. The molecular weight excluding hydrogens is 250 g/mol. The van der Waals surface area contributed by atoms with Gasteiger partial charge in [0, 0.05) is 17.7 Å².